The zero-order valence-electron chi connectivity index (χ0n) is 13.4. The first-order valence-corrected chi connectivity index (χ1v) is 7.79. The van der Waals surface area contributed by atoms with Crippen molar-refractivity contribution in [1.29, 1.82) is 0 Å². The Morgan fingerprint density at radius 1 is 1.16 bits per heavy atom. The molecule has 0 spiro atoms. The summed E-state index contributed by atoms with van der Waals surface area (Å²) >= 11 is 0. The number of nitrogens with zero attached hydrogens (tertiary/aromatic N) is 1. The summed E-state index contributed by atoms with van der Waals surface area (Å²) in [7, 11) is 0. The summed E-state index contributed by atoms with van der Waals surface area (Å²) in [5.41, 5.74) is 5.25. The van der Waals surface area contributed by atoms with Crippen LogP contribution in [0.2, 0.25) is 0 Å². The molecule has 0 saturated carbocycles. The number of anilines is 1. The summed E-state index contributed by atoms with van der Waals surface area (Å²) in [6.07, 6.45) is 2.79. The van der Waals surface area contributed by atoms with Crippen LogP contribution in [0.5, 0.6) is 5.75 Å². The number of hydrogen-bond donors (Lipinski definition) is 2. The van der Waals surface area contributed by atoms with Crippen molar-refractivity contribution in [3.8, 4) is 5.75 Å². The predicted molar refractivity (Wildman–Crippen MR) is 87.8 cm³/mol. The van der Waals surface area contributed by atoms with E-state index in [4.69, 9.17) is 9.15 Å². The summed E-state index contributed by atoms with van der Waals surface area (Å²) in [5, 5.41) is 0. The molecule has 8 heteroatoms. The lowest BCUT2D eigenvalue weighted by atomic mass is 10.3. The van der Waals surface area contributed by atoms with E-state index >= 15 is 0 Å². The molecule has 0 unspecified atom stereocenters. The van der Waals surface area contributed by atoms with Crippen LogP contribution in [0.15, 0.2) is 47.1 Å². The maximum absolute atomic E-state index is 11.7. The summed E-state index contributed by atoms with van der Waals surface area (Å²) < 4.78 is 10.2. The quantitative estimate of drug-likeness (QED) is 0.796. The molecule has 130 valence electrons. The molecule has 0 bridgehead atoms. The molecule has 2 aromatic rings. The number of hydrazine groups is 1. The molecule has 3 amide bonds. The van der Waals surface area contributed by atoms with Crippen LogP contribution in [0.4, 0.5) is 5.69 Å². The zero-order valence-corrected chi connectivity index (χ0v) is 13.4. The van der Waals surface area contributed by atoms with Gasteiger partial charge in [-0.2, -0.15) is 0 Å². The number of ether oxygens (including phenoxy) is 1. The van der Waals surface area contributed by atoms with Crippen LogP contribution in [-0.4, -0.2) is 30.9 Å². The van der Waals surface area contributed by atoms with Gasteiger partial charge in [0.05, 0.1) is 6.26 Å². The van der Waals surface area contributed by atoms with E-state index in [1.54, 1.807) is 35.2 Å². The monoisotopic (exact) mass is 343 g/mol. The summed E-state index contributed by atoms with van der Waals surface area (Å²) in [6, 6.07) is 9.97. The van der Waals surface area contributed by atoms with Gasteiger partial charge in [-0.3, -0.25) is 25.2 Å². The van der Waals surface area contributed by atoms with Crippen LogP contribution in [0.25, 0.3) is 0 Å². The normalized spacial score (nSPS) is 13.6. The number of nitrogens with one attached hydrogen (secondary N) is 2. The number of amides is 3. The second kappa shape index (κ2) is 7.52. The van der Waals surface area contributed by atoms with Gasteiger partial charge in [0.2, 0.25) is 5.91 Å². The molecule has 1 saturated heterocycles. The van der Waals surface area contributed by atoms with Crippen LogP contribution in [-0.2, 0) is 9.59 Å². The van der Waals surface area contributed by atoms with Gasteiger partial charge in [0.1, 0.15) is 5.75 Å². The number of furan rings is 1. The first-order chi connectivity index (χ1) is 12.1. The molecule has 1 aliphatic heterocycles. The fraction of sp³-hybridized carbons (Fsp3) is 0.235. The Morgan fingerprint density at radius 2 is 1.96 bits per heavy atom. The highest BCUT2D eigenvalue weighted by atomic mass is 16.5. The van der Waals surface area contributed by atoms with Crippen LogP contribution >= 0.6 is 0 Å². The third-order valence-electron chi connectivity index (χ3n) is 3.65. The molecule has 0 radical (unpaired) electrons. The van der Waals surface area contributed by atoms with Crippen LogP contribution in [0, 0.1) is 0 Å². The van der Waals surface area contributed by atoms with Crippen molar-refractivity contribution < 1.29 is 23.5 Å². The number of hydrogen-bond acceptors (Lipinski definition) is 5. The Balaban J connectivity index is 1.44. The molecule has 1 aromatic heterocycles. The van der Waals surface area contributed by atoms with Crippen LogP contribution in [0.1, 0.15) is 23.4 Å². The van der Waals surface area contributed by atoms with E-state index in [0.717, 1.165) is 18.7 Å². The topological polar surface area (TPSA) is 101 Å². The minimum Gasteiger partial charge on any atom is -0.484 e. The van der Waals surface area contributed by atoms with E-state index in [1.807, 2.05) is 0 Å². The van der Waals surface area contributed by atoms with E-state index in [2.05, 4.69) is 10.9 Å². The highest BCUT2D eigenvalue weighted by Crippen LogP contribution is 2.23. The number of carbonyl (C=O) groups is 3. The van der Waals surface area contributed by atoms with Gasteiger partial charge in [-0.1, -0.05) is 0 Å². The van der Waals surface area contributed by atoms with Crippen LogP contribution in [0.3, 0.4) is 0 Å². The largest absolute Gasteiger partial charge is 0.484 e. The van der Waals surface area contributed by atoms with Crippen molar-refractivity contribution in [3.05, 3.63) is 48.4 Å². The molecule has 25 heavy (non-hydrogen) atoms. The molecule has 3 rings (SSSR count). The number of rotatable bonds is 5. The second-order valence-corrected chi connectivity index (χ2v) is 5.41. The first-order valence-electron chi connectivity index (χ1n) is 7.79. The molecule has 2 heterocycles. The maximum atomic E-state index is 11.7. The molecule has 1 aromatic carbocycles. The Hall–Kier alpha value is -3.29. The number of carbonyl (C=O) groups excluding carboxylic acids is 3. The average molecular weight is 343 g/mol. The maximum Gasteiger partial charge on any atom is 0.305 e. The third kappa shape index (κ3) is 4.17. The highest BCUT2D eigenvalue weighted by molar-refractivity contribution is 5.95. The van der Waals surface area contributed by atoms with Crippen molar-refractivity contribution in [2.75, 3.05) is 18.1 Å². The molecule has 0 atom stereocenters. The van der Waals surface area contributed by atoms with Crippen molar-refractivity contribution >= 4 is 23.4 Å². The summed E-state index contributed by atoms with van der Waals surface area (Å²) in [6.45, 7) is 0.456. The van der Waals surface area contributed by atoms with Gasteiger partial charge in [-0.25, -0.2) is 0 Å². The van der Waals surface area contributed by atoms with Gasteiger partial charge < -0.3 is 14.1 Å². The molecule has 8 nitrogen and oxygen atoms in total. The van der Waals surface area contributed by atoms with E-state index < -0.39 is 11.8 Å². The van der Waals surface area contributed by atoms with E-state index in [9.17, 15) is 14.4 Å². The van der Waals surface area contributed by atoms with Gasteiger partial charge in [-0.15, -0.1) is 0 Å². The third-order valence-corrected chi connectivity index (χ3v) is 3.65. The molecule has 1 aliphatic rings. The van der Waals surface area contributed by atoms with Crippen molar-refractivity contribution in [1.82, 2.24) is 10.9 Å². The fourth-order valence-electron chi connectivity index (χ4n) is 2.42. The Labute approximate surface area is 143 Å². The smallest absolute Gasteiger partial charge is 0.305 e. The molecule has 1 fully saturated rings. The summed E-state index contributed by atoms with van der Waals surface area (Å²) in [5.74, 6) is -0.381. The standard InChI is InChI=1S/C17H17N3O5/c21-15(18-19-17(23)14-3-2-10-24-14)11-25-13-7-5-12(6-8-13)20-9-1-4-16(20)22/h2-3,5-8,10H,1,4,9,11H2,(H,18,21)(H,19,23). The van der Waals surface area contributed by atoms with Gasteiger partial charge in [0, 0.05) is 18.7 Å². The SMILES string of the molecule is O=C(COc1ccc(N2CCCC2=O)cc1)NNC(=O)c1ccco1. The minimum absolute atomic E-state index is 0.0910. The van der Waals surface area contributed by atoms with E-state index in [-0.39, 0.29) is 18.3 Å². The van der Waals surface area contributed by atoms with Crippen LogP contribution < -0.4 is 20.5 Å². The fourth-order valence-corrected chi connectivity index (χ4v) is 2.42. The van der Waals surface area contributed by atoms with Gasteiger partial charge in [0.15, 0.2) is 12.4 Å². The lowest BCUT2D eigenvalue weighted by molar-refractivity contribution is -0.123. The van der Waals surface area contributed by atoms with E-state index in [1.165, 1.54) is 12.3 Å². The van der Waals surface area contributed by atoms with Gasteiger partial charge in [0.25, 0.3) is 5.91 Å². The Kier molecular flexibility index (Phi) is 4.98. The Bertz CT molecular complexity index is 755. The van der Waals surface area contributed by atoms with Gasteiger partial charge >= 0.3 is 5.91 Å². The zero-order chi connectivity index (χ0) is 17.6. The highest BCUT2D eigenvalue weighted by Gasteiger charge is 2.21. The summed E-state index contributed by atoms with van der Waals surface area (Å²) in [4.78, 5) is 36.7. The molecular formula is C17H17N3O5. The predicted octanol–water partition coefficient (Wildman–Crippen LogP) is 1.25. The van der Waals surface area contributed by atoms with Crippen molar-refractivity contribution in [3.63, 3.8) is 0 Å². The molecule has 0 aliphatic carbocycles. The van der Waals surface area contributed by atoms with Crippen molar-refractivity contribution in [2.45, 2.75) is 12.8 Å². The van der Waals surface area contributed by atoms with Crippen molar-refractivity contribution in [2.24, 2.45) is 0 Å². The first kappa shape index (κ1) is 16.6. The number of benzene rings is 1. The molecular weight excluding hydrogens is 326 g/mol. The van der Waals surface area contributed by atoms with E-state index in [0.29, 0.717) is 12.2 Å². The molecule has 2 N–H and O–H groups in total. The van der Waals surface area contributed by atoms with Gasteiger partial charge in [-0.05, 0) is 42.8 Å². The minimum atomic E-state index is -0.557. The lowest BCUT2D eigenvalue weighted by Crippen LogP contribution is -2.43. The second-order valence-electron chi connectivity index (χ2n) is 5.41. The average Bonchev–Trinajstić information content (AvgIpc) is 3.30. The lowest BCUT2D eigenvalue weighted by Gasteiger charge is -2.16. The Morgan fingerprint density at radius 3 is 2.60 bits per heavy atom.